The van der Waals surface area contributed by atoms with E-state index in [1.165, 1.54) is 0 Å². The van der Waals surface area contributed by atoms with Gasteiger partial charge in [-0.25, -0.2) is 4.79 Å². The lowest BCUT2D eigenvalue weighted by Gasteiger charge is -2.22. The molecule has 0 radical (unpaired) electrons. The van der Waals surface area contributed by atoms with Crippen LogP contribution in [0.25, 0.3) is 0 Å². The summed E-state index contributed by atoms with van der Waals surface area (Å²) >= 11 is 0. The minimum absolute atomic E-state index is 0.0986. The number of hydrogen-bond donors (Lipinski definition) is 3. The second-order valence-corrected chi connectivity index (χ2v) is 6.28. The molecule has 108 valence electrons. The third kappa shape index (κ3) is 10.4. The number of alkyl carbamates (subject to hydrolysis) is 1. The Morgan fingerprint density at radius 3 is 2.28 bits per heavy atom. The monoisotopic (exact) mass is 260 g/mol. The van der Waals surface area contributed by atoms with E-state index in [1.54, 1.807) is 0 Å². The SMILES string of the molecule is CC(C)(CO)CNCCCNC(=O)OC(C)(C)C. The molecule has 0 aliphatic heterocycles. The Hall–Kier alpha value is -0.810. The third-order valence-electron chi connectivity index (χ3n) is 2.23. The number of amides is 1. The first-order chi connectivity index (χ1) is 8.16. The fourth-order valence-corrected chi connectivity index (χ4v) is 1.20. The maximum absolute atomic E-state index is 11.3. The minimum atomic E-state index is -0.451. The Labute approximate surface area is 110 Å². The molecular formula is C13H28N2O3. The smallest absolute Gasteiger partial charge is 0.407 e. The number of nitrogens with one attached hydrogen (secondary N) is 2. The molecule has 0 bridgehead atoms. The van der Waals surface area contributed by atoms with Crippen molar-refractivity contribution in [3.63, 3.8) is 0 Å². The van der Waals surface area contributed by atoms with Gasteiger partial charge in [-0.2, -0.15) is 0 Å². The van der Waals surface area contributed by atoms with Gasteiger partial charge in [0.25, 0.3) is 0 Å². The molecule has 0 atom stereocenters. The van der Waals surface area contributed by atoms with Gasteiger partial charge in [-0.05, 0) is 33.7 Å². The van der Waals surface area contributed by atoms with E-state index in [0.717, 1.165) is 19.5 Å². The molecule has 0 aromatic heterocycles. The number of rotatable bonds is 7. The highest BCUT2D eigenvalue weighted by atomic mass is 16.6. The van der Waals surface area contributed by atoms with Crippen molar-refractivity contribution >= 4 is 6.09 Å². The molecular weight excluding hydrogens is 232 g/mol. The van der Waals surface area contributed by atoms with Crippen LogP contribution in [-0.4, -0.2) is 43.0 Å². The fraction of sp³-hybridized carbons (Fsp3) is 0.923. The van der Waals surface area contributed by atoms with E-state index in [0.29, 0.717) is 6.54 Å². The van der Waals surface area contributed by atoms with Gasteiger partial charge >= 0.3 is 6.09 Å². The van der Waals surface area contributed by atoms with E-state index >= 15 is 0 Å². The van der Waals surface area contributed by atoms with Crippen molar-refractivity contribution in [1.29, 1.82) is 0 Å². The summed E-state index contributed by atoms with van der Waals surface area (Å²) in [7, 11) is 0. The normalized spacial score (nSPS) is 12.3. The topological polar surface area (TPSA) is 70.6 Å². The molecule has 0 aromatic rings. The van der Waals surface area contributed by atoms with Crippen molar-refractivity contribution in [3.05, 3.63) is 0 Å². The molecule has 0 aromatic carbocycles. The molecule has 0 fully saturated rings. The molecule has 0 rings (SSSR count). The summed E-state index contributed by atoms with van der Waals surface area (Å²) in [6.07, 6.45) is 0.457. The molecule has 0 unspecified atom stereocenters. The van der Waals surface area contributed by atoms with E-state index in [2.05, 4.69) is 10.6 Å². The Balaban J connectivity index is 3.49. The van der Waals surface area contributed by atoms with Crippen LogP contribution in [0.5, 0.6) is 0 Å². The largest absolute Gasteiger partial charge is 0.444 e. The second kappa shape index (κ2) is 7.59. The van der Waals surface area contributed by atoms with Crippen LogP contribution in [0.3, 0.4) is 0 Å². The van der Waals surface area contributed by atoms with Crippen LogP contribution < -0.4 is 10.6 Å². The zero-order valence-electron chi connectivity index (χ0n) is 12.3. The maximum Gasteiger partial charge on any atom is 0.407 e. The quantitative estimate of drug-likeness (QED) is 0.607. The van der Waals surface area contributed by atoms with E-state index in [-0.39, 0.29) is 18.1 Å². The summed E-state index contributed by atoms with van der Waals surface area (Å²) in [6.45, 7) is 11.8. The highest BCUT2D eigenvalue weighted by Crippen LogP contribution is 2.10. The van der Waals surface area contributed by atoms with E-state index in [1.807, 2.05) is 34.6 Å². The van der Waals surface area contributed by atoms with Gasteiger partial charge in [0.05, 0.1) is 0 Å². The molecule has 0 aliphatic rings. The van der Waals surface area contributed by atoms with E-state index in [4.69, 9.17) is 9.84 Å². The molecule has 0 aliphatic carbocycles. The van der Waals surface area contributed by atoms with E-state index < -0.39 is 5.60 Å². The Morgan fingerprint density at radius 2 is 1.78 bits per heavy atom. The first kappa shape index (κ1) is 17.2. The molecule has 0 saturated heterocycles. The molecule has 0 heterocycles. The summed E-state index contributed by atoms with van der Waals surface area (Å²) in [5.74, 6) is 0. The Morgan fingerprint density at radius 1 is 1.17 bits per heavy atom. The number of carbonyl (C=O) groups excluding carboxylic acids is 1. The van der Waals surface area contributed by atoms with Crippen LogP contribution in [0.2, 0.25) is 0 Å². The van der Waals surface area contributed by atoms with Gasteiger partial charge in [-0.15, -0.1) is 0 Å². The average Bonchev–Trinajstić information content (AvgIpc) is 2.20. The minimum Gasteiger partial charge on any atom is -0.444 e. The first-order valence-electron chi connectivity index (χ1n) is 6.45. The van der Waals surface area contributed by atoms with Crippen LogP contribution in [0.1, 0.15) is 41.0 Å². The lowest BCUT2D eigenvalue weighted by atomic mass is 9.95. The summed E-state index contributed by atoms with van der Waals surface area (Å²) in [6, 6.07) is 0. The lowest BCUT2D eigenvalue weighted by Crippen LogP contribution is -2.36. The van der Waals surface area contributed by atoms with E-state index in [9.17, 15) is 4.79 Å². The molecule has 5 heteroatoms. The first-order valence-corrected chi connectivity index (χ1v) is 6.45. The summed E-state index contributed by atoms with van der Waals surface area (Å²) in [5.41, 5.74) is -0.550. The van der Waals surface area contributed by atoms with Crippen LogP contribution in [-0.2, 0) is 4.74 Å². The van der Waals surface area contributed by atoms with Crippen molar-refractivity contribution in [2.75, 3.05) is 26.2 Å². The molecule has 1 amide bonds. The maximum atomic E-state index is 11.3. The van der Waals surface area contributed by atoms with Crippen molar-refractivity contribution in [2.45, 2.75) is 46.6 Å². The van der Waals surface area contributed by atoms with Gasteiger partial charge < -0.3 is 20.5 Å². The van der Waals surface area contributed by atoms with Crippen molar-refractivity contribution in [2.24, 2.45) is 5.41 Å². The van der Waals surface area contributed by atoms with Gasteiger partial charge in [0, 0.05) is 25.1 Å². The standard InChI is InChI=1S/C13H28N2O3/c1-12(2,3)18-11(17)15-8-6-7-14-9-13(4,5)10-16/h14,16H,6-10H2,1-5H3,(H,15,17). The van der Waals surface area contributed by atoms with Crippen molar-refractivity contribution in [3.8, 4) is 0 Å². The molecule has 5 nitrogen and oxygen atoms in total. The number of aliphatic hydroxyl groups is 1. The second-order valence-electron chi connectivity index (χ2n) is 6.28. The van der Waals surface area contributed by atoms with Gasteiger partial charge in [0.1, 0.15) is 5.60 Å². The Kier molecular flexibility index (Phi) is 7.25. The van der Waals surface area contributed by atoms with Crippen molar-refractivity contribution in [1.82, 2.24) is 10.6 Å². The van der Waals surface area contributed by atoms with Crippen LogP contribution >= 0.6 is 0 Å². The number of aliphatic hydroxyl groups excluding tert-OH is 1. The van der Waals surface area contributed by atoms with Gasteiger partial charge in [-0.1, -0.05) is 13.8 Å². The molecule has 0 spiro atoms. The number of ether oxygens (including phenoxy) is 1. The molecule has 3 N–H and O–H groups in total. The average molecular weight is 260 g/mol. The van der Waals surface area contributed by atoms with Gasteiger partial charge in [-0.3, -0.25) is 0 Å². The predicted molar refractivity (Wildman–Crippen MR) is 72.6 cm³/mol. The number of hydrogen-bond acceptors (Lipinski definition) is 4. The highest BCUT2D eigenvalue weighted by molar-refractivity contribution is 5.67. The fourth-order valence-electron chi connectivity index (χ4n) is 1.20. The third-order valence-corrected chi connectivity index (χ3v) is 2.23. The van der Waals surface area contributed by atoms with Crippen molar-refractivity contribution < 1.29 is 14.6 Å². The zero-order chi connectivity index (χ0) is 14.2. The van der Waals surface area contributed by atoms with Crippen LogP contribution in [0.4, 0.5) is 4.79 Å². The van der Waals surface area contributed by atoms with Crippen LogP contribution in [0, 0.1) is 5.41 Å². The van der Waals surface area contributed by atoms with Gasteiger partial charge in [0.2, 0.25) is 0 Å². The summed E-state index contributed by atoms with van der Waals surface area (Å²) < 4.78 is 5.11. The Bertz CT molecular complexity index is 247. The summed E-state index contributed by atoms with van der Waals surface area (Å²) in [4.78, 5) is 11.3. The molecule has 0 saturated carbocycles. The molecule has 18 heavy (non-hydrogen) atoms. The lowest BCUT2D eigenvalue weighted by molar-refractivity contribution is 0.0527. The summed E-state index contributed by atoms with van der Waals surface area (Å²) in [5, 5.41) is 15.0. The zero-order valence-corrected chi connectivity index (χ0v) is 12.3. The predicted octanol–water partition coefficient (Wildman–Crippen LogP) is 1.51. The number of carbonyl (C=O) groups is 1. The van der Waals surface area contributed by atoms with Gasteiger partial charge in [0.15, 0.2) is 0 Å². The van der Waals surface area contributed by atoms with Crippen LogP contribution in [0.15, 0.2) is 0 Å². The highest BCUT2D eigenvalue weighted by Gasteiger charge is 2.16.